The largest absolute Gasteiger partial charge is 0.340 e. The van der Waals surface area contributed by atoms with E-state index in [-0.39, 0.29) is 5.91 Å². The van der Waals surface area contributed by atoms with E-state index in [1.54, 1.807) is 4.90 Å². The van der Waals surface area contributed by atoms with Gasteiger partial charge in [0, 0.05) is 25.7 Å². The van der Waals surface area contributed by atoms with Gasteiger partial charge in [-0.05, 0) is 26.4 Å². The summed E-state index contributed by atoms with van der Waals surface area (Å²) in [6.45, 7) is 3.08. The number of amides is 1. The highest BCUT2D eigenvalue weighted by atomic mass is 16.2. The van der Waals surface area contributed by atoms with E-state index in [0.717, 1.165) is 19.5 Å². The Kier molecular flexibility index (Phi) is 7.64. The van der Waals surface area contributed by atoms with E-state index in [1.165, 1.54) is 6.42 Å². The molecule has 0 aromatic heterocycles. The average Bonchev–Trinajstić information content (AvgIpc) is 2.91. The molecule has 1 N–H and O–H groups in total. The second-order valence-electron chi connectivity index (χ2n) is 5.19. The van der Waals surface area contributed by atoms with Crippen LogP contribution in [-0.4, -0.2) is 61.5 Å². The summed E-state index contributed by atoms with van der Waals surface area (Å²) in [6.07, 6.45) is 2.98. The quantitative estimate of drug-likeness (QED) is 0.691. The van der Waals surface area contributed by atoms with Gasteiger partial charge in [-0.2, -0.15) is 10.5 Å². The highest BCUT2D eigenvalue weighted by molar-refractivity contribution is 5.78. The fourth-order valence-electron chi connectivity index (χ4n) is 2.42. The van der Waals surface area contributed by atoms with Crippen LogP contribution in [0.25, 0.3) is 0 Å². The van der Waals surface area contributed by atoms with Gasteiger partial charge in [0.2, 0.25) is 5.91 Å². The monoisotopic (exact) mass is 277 g/mol. The van der Waals surface area contributed by atoms with Crippen LogP contribution < -0.4 is 5.32 Å². The third kappa shape index (κ3) is 6.01. The minimum Gasteiger partial charge on any atom is -0.340 e. The molecular weight excluding hydrogens is 254 g/mol. The second-order valence-corrected chi connectivity index (χ2v) is 5.19. The normalized spacial score (nSPS) is 17.7. The fraction of sp³-hybridized carbons (Fsp3) is 0.786. The van der Waals surface area contributed by atoms with Crippen molar-refractivity contribution in [3.8, 4) is 12.1 Å². The summed E-state index contributed by atoms with van der Waals surface area (Å²) in [5.74, 6) is -0.00371. The molecule has 1 fully saturated rings. The zero-order chi connectivity index (χ0) is 14.8. The SMILES string of the molecule is CN(CC(=O)N(CCC#N)CCC#N)CC1CCCN1. The first kappa shape index (κ1) is 16.4. The van der Waals surface area contributed by atoms with Crippen LogP contribution in [0.5, 0.6) is 0 Å². The standard InChI is InChI=1S/C14H23N5O/c1-18(11-13-5-2-8-17-13)12-14(20)19(9-3-6-15)10-4-7-16/h13,17H,2-5,8-12H2,1H3. The van der Waals surface area contributed by atoms with Crippen LogP contribution >= 0.6 is 0 Å². The van der Waals surface area contributed by atoms with Crippen LogP contribution in [0.15, 0.2) is 0 Å². The summed E-state index contributed by atoms with van der Waals surface area (Å²) in [6, 6.07) is 4.55. The Balaban J connectivity index is 2.38. The molecule has 0 aliphatic carbocycles. The molecule has 1 unspecified atom stereocenters. The zero-order valence-corrected chi connectivity index (χ0v) is 12.1. The molecule has 0 aromatic rings. The first-order valence-corrected chi connectivity index (χ1v) is 7.11. The van der Waals surface area contributed by atoms with E-state index < -0.39 is 0 Å². The van der Waals surface area contributed by atoms with Gasteiger partial charge in [-0.25, -0.2) is 0 Å². The molecule has 0 spiro atoms. The number of nitrogens with zero attached hydrogens (tertiary/aromatic N) is 4. The van der Waals surface area contributed by atoms with Crippen LogP contribution in [0, 0.1) is 22.7 Å². The average molecular weight is 277 g/mol. The van der Waals surface area contributed by atoms with Crippen molar-refractivity contribution < 1.29 is 4.79 Å². The van der Waals surface area contributed by atoms with E-state index >= 15 is 0 Å². The third-order valence-electron chi connectivity index (χ3n) is 3.44. The lowest BCUT2D eigenvalue weighted by atomic mass is 10.2. The van der Waals surface area contributed by atoms with Gasteiger partial charge in [0.1, 0.15) is 0 Å². The number of carbonyl (C=O) groups is 1. The summed E-state index contributed by atoms with van der Waals surface area (Å²) in [5, 5.41) is 20.7. The van der Waals surface area contributed by atoms with Crippen LogP contribution in [0.3, 0.4) is 0 Å². The molecule has 0 radical (unpaired) electrons. The maximum absolute atomic E-state index is 12.2. The number of nitriles is 2. The summed E-state index contributed by atoms with van der Waals surface area (Å²) in [7, 11) is 1.94. The molecule has 1 amide bonds. The lowest BCUT2D eigenvalue weighted by molar-refractivity contribution is -0.132. The van der Waals surface area contributed by atoms with E-state index in [1.807, 2.05) is 24.1 Å². The lowest BCUT2D eigenvalue weighted by Gasteiger charge is -2.25. The molecular formula is C14H23N5O. The maximum Gasteiger partial charge on any atom is 0.236 e. The third-order valence-corrected chi connectivity index (χ3v) is 3.44. The van der Waals surface area contributed by atoms with Crippen molar-refractivity contribution in [2.45, 2.75) is 31.7 Å². The van der Waals surface area contributed by atoms with E-state index in [0.29, 0.717) is 38.5 Å². The molecule has 1 atom stereocenters. The fourth-order valence-corrected chi connectivity index (χ4v) is 2.42. The summed E-state index contributed by atoms with van der Waals surface area (Å²) < 4.78 is 0. The minimum atomic E-state index is -0.00371. The van der Waals surface area contributed by atoms with E-state index in [4.69, 9.17) is 10.5 Å². The molecule has 20 heavy (non-hydrogen) atoms. The van der Waals surface area contributed by atoms with Gasteiger partial charge < -0.3 is 10.2 Å². The van der Waals surface area contributed by atoms with Crippen molar-refractivity contribution >= 4 is 5.91 Å². The maximum atomic E-state index is 12.2. The highest BCUT2D eigenvalue weighted by Gasteiger charge is 2.19. The predicted octanol–water partition coefficient (Wildman–Crippen LogP) is 0.326. The van der Waals surface area contributed by atoms with Gasteiger partial charge in [-0.3, -0.25) is 9.69 Å². The van der Waals surface area contributed by atoms with Crippen LogP contribution in [0.2, 0.25) is 0 Å². The predicted molar refractivity (Wildman–Crippen MR) is 75.6 cm³/mol. The van der Waals surface area contributed by atoms with Gasteiger partial charge in [0.15, 0.2) is 0 Å². The Morgan fingerprint density at radius 2 is 1.95 bits per heavy atom. The van der Waals surface area contributed by atoms with E-state index in [9.17, 15) is 4.79 Å². The Morgan fingerprint density at radius 1 is 1.30 bits per heavy atom. The van der Waals surface area contributed by atoms with Crippen molar-refractivity contribution in [2.24, 2.45) is 0 Å². The molecule has 0 bridgehead atoms. The number of carbonyl (C=O) groups excluding carboxylic acids is 1. The molecule has 1 heterocycles. The van der Waals surface area contributed by atoms with Gasteiger partial charge >= 0.3 is 0 Å². The van der Waals surface area contributed by atoms with Crippen LogP contribution in [-0.2, 0) is 4.79 Å². The van der Waals surface area contributed by atoms with Gasteiger partial charge in [0.25, 0.3) is 0 Å². The van der Waals surface area contributed by atoms with Crippen molar-refractivity contribution in [2.75, 3.05) is 39.8 Å². The minimum absolute atomic E-state index is 0.00371. The van der Waals surface area contributed by atoms with Gasteiger partial charge in [0.05, 0.1) is 31.5 Å². The molecule has 110 valence electrons. The lowest BCUT2D eigenvalue weighted by Crippen LogP contribution is -2.43. The van der Waals surface area contributed by atoms with Crippen molar-refractivity contribution in [3.05, 3.63) is 0 Å². The number of hydrogen-bond donors (Lipinski definition) is 1. The number of likely N-dealkylation sites (N-methyl/N-ethyl adjacent to an activating group) is 1. The number of hydrogen-bond acceptors (Lipinski definition) is 5. The molecule has 6 heteroatoms. The van der Waals surface area contributed by atoms with Crippen LogP contribution in [0.4, 0.5) is 0 Å². The number of nitrogens with one attached hydrogen (secondary N) is 1. The first-order chi connectivity index (χ1) is 9.67. The zero-order valence-electron chi connectivity index (χ0n) is 12.1. The summed E-state index contributed by atoms with van der Waals surface area (Å²) >= 11 is 0. The van der Waals surface area contributed by atoms with Crippen molar-refractivity contribution in [1.29, 1.82) is 10.5 Å². The van der Waals surface area contributed by atoms with Gasteiger partial charge in [-0.15, -0.1) is 0 Å². The molecule has 1 saturated heterocycles. The molecule has 0 aromatic carbocycles. The smallest absolute Gasteiger partial charge is 0.236 e. The summed E-state index contributed by atoms with van der Waals surface area (Å²) in [4.78, 5) is 15.8. The Labute approximate surface area is 120 Å². The Bertz CT molecular complexity index is 360. The second kappa shape index (κ2) is 9.30. The highest BCUT2D eigenvalue weighted by Crippen LogP contribution is 2.06. The molecule has 6 nitrogen and oxygen atoms in total. The Morgan fingerprint density at radius 3 is 2.45 bits per heavy atom. The van der Waals surface area contributed by atoms with Crippen LogP contribution in [0.1, 0.15) is 25.7 Å². The molecule has 1 aliphatic heterocycles. The van der Waals surface area contributed by atoms with Gasteiger partial charge in [-0.1, -0.05) is 0 Å². The van der Waals surface area contributed by atoms with Crippen molar-refractivity contribution in [3.63, 3.8) is 0 Å². The summed E-state index contributed by atoms with van der Waals surface area (Å²) in [5.41, 5.74) is 0. The number of rotatable bonds is 8. The topological polar surface area (TPSA) is 83.2 Å². The van der Waals surface area contributed by atoms with E-state index in [2.05, 4.69) is 5.32 Å². The van der Waals surface area contributed by atoms with Crippen molar-refractivity contribution in [1.82, 2.24) is 15.1 Å². The first-order valence-electron chi connectivity index (χ1n) is 7.11. The molecule has 1 aliphatic rings. The Hall–Kier alpha value is -1.63. The molecule has 1 rings (SSSR count). The molecule has 0 saturated carbocycles.